The van der Waals surface area contributed by atoms with Crippen molar-refractivity contribution in [3.8, 4) is 0 Å². The van der Waals surface area contributed by atoms with Gasteiger partial charge in [-0.25, -0.2) is 0 Å². The summed E-state index contributed by atoms with van der Waals surface area (Å²) in [5, 5.41) is 0. The molecule has 0 rings (SSSR count). The quantitative estimate of drug-likeness (QED) is 0.345. The van der Waals surface area contributed by atoms with Gasteiger partial charge in [-0.2, -0.15) is 0 Å². The molecular weight excluding hydrogens is 172 g/mol. The Hall–Kier alpha value is 2.21. The topological polar surface area (TPSA) is 0 Å². The van der Waals surface area contributed by atoms with Crippen LogP contribution in [0.3, 0.4) is 0 Å². The van der Waals surface area contributed by atoms with Crippen LogP contribution in [-0.4, -0.2) is 0 Å². The molecule has 0 saturated heterocycles. The third-order valence-corrected chi connectivity index (χ3v) is 0. The van der Waals surface area contributed by atoms with E-state index in [0.717, 1.165) is 0 Å². The maximum atomic E-state index is 0. The first-order chi connectivity index (χ1) is 0. The maximum Gasteiger partial charge on any atom is 1.00 e. The van der Waals surface area contributed by atoms with Gasteiger partial charge in [-0.15, -0.1) is 0 Å². The molecule has 0 atom stereocenters. The molecule has 0 bridgehead atoms. The molecule has 0 nitrogen and oxygen atoms in total. The zero-order chi connectivity index (χ0) is 0. The molecule has 4 heteroatoms. The van der Waals surface area contributed by atoms with Crippen molar-refractivity contribution in [2.75, 3.05) is 0 Å². The van der Waals surface area contributed by atoms with E-state index < -0.39 is 0 Å². The van der Waals surface area contributed by atoms with Crippen LogP contribution in [0.15, 0.2) is 0 Å². The van der Waals surface area contributed by atoms with E-state index in [1.807, 2.05) is 0 Å². The average Bonchev–Trinajstić information content (AvgIpc) is 0. The van der Waals surface area contributed by atoms with Gasteiger partial charge in [0.05, 0.1) is 0 Å². The smallest absolute Gasteiger partial charge is 1.00 e. The fourth-order valence-electron chi connectivity index (χ4n) is 0. The van der Waals surface area contributed by atoms with Gasteiger partial charge in [0.25, 0.3) is 0 Å². The van der Waals surface area contributed by atoms with Crippen LogP contribution in [0.1, 0.15) is 1.43 Å². The predicted molar refractivity (Wildman–Crippen MR) is 1.11 cm³/mol. The summed E-state index contributed by atoms with van der Waals surface area (Å²) < 4.78 is 0. The van der Waals surface area contributed by atoms with Gasteiger partial charge in [0, 0.05) is 52.4 Å². The minimum atomic E-state index is 0. The summed E-state index contributed by atoms with van der Waals surface area (Å²) in [7, 11) is 0. The molecule has 23 valence electrons. The second-order valence-electron chi connectivity index (χ2n) is 0. The minimum Gasteiger partial charge on any atom is -1.00 e. The summed E-state index contributed by atoms with van der Waals surface area (Å²) in [6.45, 7) is 0. The van der Waals surface area contributed by atoms with Crippen molar-refractivity contribution < 1.29 is 72.7 Å². The summed E-state index contributed by atoms with van der Waals surface area (Å²) in [5.74, 6) is 0. The third-order valence-electron chi connectivity index (χ3n) is 0. The van der Waals surface area contributed by atoms with Gasteiger partial charge in [0.2, 0.25) is 0 Å². The summed E-state index contributed by atoms with van der Waals surface area (Å²) in [6.07, 6.45) is 0. The Bertz CT molecular complexity index is 11.6. The average molecular weight is 173 g/mol. The van der Waals surface area contributed by atoms with Gasteiger partial charge < -0.3 is 1.43 Å². The van der Waals surface area contributed by atoms with Crippen molar-refractivity contribution in [2.24, 2.45) is 0 Å². The van der Waals surface area contributed by atoms with Crippen LogP contribution in [0.25, 0.3) is 0 Å². The second-order valence-corrected chi connectivity index (χ2v) is 0. The largest absolute Gasteiger partial charge is 1.00 e. The first-order valence-electron chi connectivity index (χ1n) is 0. The van der Waals surface area contributed by atoms with E-state index in [9.17, 15) is 0 Å². The Kier molecular flexibility index (Phi) is 163. The van der Waals surface area contributed by atoms with E-state index in [4.69, 9.17) is 0 Å². The van der Waals surface area contributed by atoms with Crippen molar-refractivity contribution in [2.45, 2.75) is 0 Å². The van der Waals surface area contributed by atoms with Gasteiger partial charge in [-0.1, -0.05) is 0 Å². The first kappa shape index (κ1) is 34.5. The molecule has 0 aliphatic heterocycles. The van der Waals surface area contributed by atoms with E-state index in [1.54, 1.807) is 0 Å². The van der Waals surface area contributed by atoms with Crippen LogP contribution in [0.5, 0.6) is 0 Å². The molecule has 0 aliphatic rings. The minimum absolute atomic E-state index is 0. The number of hydrogen-bond acceptors (Lipinski definition) is 0. The standard InChI is InChI=1S/Co.Li.Mn.V.H/q;+1;;;-1. The monoisotopic (exact) mass is 173 g/mol. The van der Waals surface area contributed by atoms with E-state index in [0.29, 0.717) is 0 Å². The molecule has 0 aromatic carbocycles. The van der Waals surface area contributed by atoms with Crippen LogP contribution >= 0.6 is 0 Å². The van der Waals surface area contributed by atoms with Crippen LogP contribution in [0.4, 0.5) is 0 Å². The second kappa shape index (κ2) is 18.9. The molecule has 0 heterocycles. The molecule has 0 N–H and O–H groups in total. The predicted octanol–water partition coefficient (Wildman–Crippen LogP) is -2.89. The van der Waals surface area contributed by atoms with Crippen LogP contribution in [-0.2, 0) is 52.4 Å². The van der Waals surface area contributed by atoms with Crippen molar-refractivity contribution in [1.29, 1.82) is 0 Å². The fraction of sp³-hybridized carbons (Fsp3) is 0. The van der Waals surface area contributed by atoms with E-state index >= 15 is 0 Å². The molecular formula is HCoLiMnV. The van der Waals surface area contributed by atoms with Gasteiger partial charge in [-0.3, -0.25) is 0 Å². The summed E-state index contributed by atoms with van der Waals surface area (Å²) in [5.41, 5.74) is 0. The van der Waals surface area contributed by atoms with Crippen LogP contribution < -0.4 is 18.9 Å². The SMILES string of the molecule is [Co].[H-].[Li+].[Mn].[V]. The molecule has 4 heavy (non-hydrogen) atoms. The Labute approximate surface area is 72.1 Å². The Morgan fingerprint density at radius 3 is 1.25 bits per heavy atom. The van der Waals surface area contributed by atoms with Crippen LogP contribution in [0.2, 0.25) is 0 Å². The third kappa shape index (κ3) is 8.88. The normalized spacial score (nSPS) is 0. The Morgan fingerprint density at radius 2 is 1.25 bits per heavy atom. The summed E-state index contributed by atoms with van der Waals surface area (Å²) in [4.78, 5) is 0. The van der Waals surface area contributed by atoms with Crippen molar-refractivity contribution in [3.05, 3.63) is 0 Å². The molecule has 0 saturated carbocycles. The van der Waals surface area contributed by atoms with E-state index in [-0.39, 0.29) is 72.7 Å². The van der Waals surface area contributed by atoms with Gasteiger partial charge in [-0.05, 0) is 0 Å². The van der Waals surface area contributed by atoms with Crippen molar-refractivity contribution in [1.82, 2.24) is 0 Å². The molecule has 3 radical (unpaired) electrons. The number of hydrogen-bond donors (Lipinski definition) is 0. The van der Waals surface area contributed by atoms with E-state index in [1.165, 1.54) is 0 Å². The van der Waals surface area contributed by atoms with Crippen LogP contribution in [0, 0.1) is 0 Å². The molecule has 0 aromatic heterocycles. The summed E-state index contributed by atoms with van der Waals surface area (Å²) in [6, 6.07) is 0. The van der Waals surface area contributed by atoms with Gasteiger partial charge in [0.1, 0.15) is 0 Å². The fourth-order valence-corrected chi connectivity index (χ4v) is 0. The Balaban J connectivity index is 0. The number of rotatable bonds is 0. The maximum absolute atomic E-state index is 0. The zero-order valence-corrected chi connectivity index (χ0v) is 5.78. The molecule has 0 fully saturated rings. The Morgan fingerprint density at radius 1 is 1.25 bits per heavy atom. The molecule has 0 amide bonds. The summed E-state index contributed by atoms with van der Waals surface area (Å²) >= 11 is 0. The molecule has 0 spiro atoms. The van der Waals surface area contributed by atoms with Crippen molar-refractivity contribution in [3.63, 3.8) is 0 Å². The zero-order valence-electron chi connectivity index (χ0n) is 3.16. The molecule has 0 unspecified atom stereocenters. The van der Waals surface area contributed by atoms with Crippen molar-refractivity contribution >= 4 is 0 Å². The van der Waals surface area contributed by atoms with E-state index in [2.05, 4.69) is 0 Å². The van der Waals surface area contributed by atoms with Gasteiger partial charge >= 0.3 is 18.9 Å². The molecule has 0 aliphatic carbocycles. The van der Waals surface area contributed by atoms with Gasteiger partial charge in [0.15, 0.2) is 0 Å². The first-order valence-corrected chi connectivity index (χ1v) is 0. The molecule has 0 aromatic rings.